The summed E-state index contributed by atoms with van der Waals surface area (Å²) in [4.78, 5) is 16.2. The summed E-state index contributed by atoms with van der Waals surface area (Å²) in [5.74, 6) is 0.612. The lowest BCUT2D eigenvalue weighted by Gasteiger charge is -2.07. The second-order valence-corrected chi connectivity index (χ2v) is 5.68. The number of carbonyl (C=O) groups excluding carboxylic acids is 1. The van der Waals surface area contributed by atoms with E-state index >= 15 is 0 Å². The van der Waals surface area contributed by atoms with E-state index in [0.29, 0.717) is 18.2 Å². The van der Waals surface area contributed by atoms with Gasteiger partial charge >= 0.3 is 0 Å². The molecule has 0 atom stereocenters. The van der Waals surface area contributed by atoms with Crippen LogP contribution in [0.25, 0.3) is 6.08 Å². The van der Waals surface area contributed by atoms with Gasteiger partial charge in [-0.05, 0) is 41.5 Å². The van der Waals surface area contributed by atoms with Crippen LogP contribution in [0.3, 0.4) is 0 Å². The molecule has 0 unspecified atom stereocenters. The summed E-state index contributed by atoms with van der Waals surface area (Å²) in [7, 11) is 0. The minimum Gasteiger partial charge on any atom is -0.489 e. The highest BCUT2D eigenvalue weighted by atomic mass is 16.5. The van der Waals surface area contributed by atoms with Crippen molar-refractivity contribution in [1.29, 1.82) is 5.26 Å². The molecule has 5 heteroatoms. The van der Waals surface area contributed by atoms with E-state index in [0.717, 1.165) is 11.1 Å². The number of nitrogens with one attached hydrogen (secondary N) is 1. The van der Waals surface area contributed by atoms with Crippen molar-refractivity contribution < 1.29 is 9.53 Å². The van der Waals surface area contributed by atoms with Crippen LogP contribution in [0.1, 0.15) is 11.1 Å². The Morgan fingerprint density at radius 2 is 1.78 bits per heavy atom. The number of carbonyl (C=O) groups is 1. The zero-order valence-corrected chi connectivity index (χ0v) is 14.5. The van der Waals surface area contributed by atoms with Crippen LogP contribution in [0, 0.1) is 11.3 Å². The minimum atomic E-state index is -0.499. The molecule has 0 aliphatic rings. The molecule has 1 amide bonds. The van der Waals surface area contributed by atoms with Crippen molar-refractivity contribution in [3.8, 4) is 11.8 Å². The fourth-order valence-corrected chi connectivity index (χ4v) is 2.34. The van der Waals surface area contributed by atoms with Crippen molar-refractivity contribution in [2.45, 2.75) is 6.61 Å². The van der Waals surface area contributed by atoms with Crippen LogP contribution in [0.4, 0.5) is 5.82 Å². The highest BCUT2D eigenvalue weighted by Crippen LogP contribution is 2.16. The van der Waals surface area contributed by atoms with Crippen molar-refractivity contribution in [1.82, 2.24) is 4.98 Å². The lowest BCUT2D eigenvalue weighted by atomic mass is 10.1. The number of ether oxygens (including phenoxy) is 1. The van der Waals surface area contributed by atoms with Gasteiger partial charge in [-0.2, -0.15) is 5.26 Å². The van der Waals surface area contributed by atoms with E-state index in [4.69, 9.17) is 4.74 Å². The molecule has 0 saturated carbocycles. The Balaban J connectivity index is 1.64. The summed E-state index contributed by atoms with van der Waals surface area (Å²) < 4.78 is 5.73. The second kappa shape index (κ2) is 8.97. The first-order valence-corrected chi connectivity index (χ1v) is 8.35. The highest BCUT2D eigenvalue weighted by Gasteiger charge is 2.10. The molecule has 0 saturated heterocycles. The standard InChI is InChI=1S/C22H17N3O2/c23-15-19(22(26)25-21-8-4-5-13-24-21)14-17-9-11-20(12-10-17)27-16-18-6-2-1-3-7-18/h1-14H,16H2,(H,24,25,26)/b19-14+. The Morgan fingerprint density at radius 3 is 2.44 bits per heavy atom. The fourth-order valence-electron chi connectivity index (χ4n) is 2.34. The predicted octanol–water partition coefficient (Wildman–Crippen LogP) is 4.21. The fraction of sp³-hybridized carbons (Fsp3) is 0.0455. The van der Waals surface area contributed by atoms with Crippen LogP contribution in [0.15, 0.2) is 84.6 Å². The van der Waals surface area contributed by atoms with Gasteiger partial charge in [0.15, 0.2) is 0 Å². The Bertz CT molecular complexity index is 960. The summed E-state index contributed by atoms with van der Waals surface area (Å²) in [6.45, 7) is 0.478. The molecule has 1 aromatic heterocycles. The summed E-state index contributed by atoms with van der Waals surface area (Å²) in [5, 5.41) is 11.9. The van der Waals surface area contributed by atoms with Crippen LogP contribution in [0.2, 0.25) is 0 Å². The lowest BCUT2D eigenvalue weighted by Crippen LogP contribution is -2.14. The molecule has 1 N–H and O–H groups in total. The first-order chi connectivity index (χ1) is 13.2. The van der Waals surface area contributed by atoms with Crippen molar-refractivity contribution in [3.05, 3.63) is 95.7 Å². The predicted molar refractivity (Wildman–Crippen MR) is 104 cm³/mol. The zero-order valence-electron chi connectivity index (χ0n) is 14.5. The van der Waals surface area contributed by atoms with Gasteiger partial charge in [0.25, 0.3) is 5.91 Å². The maximum absolute atomic E-state index is 12.2. The molecule has 0 aliphatic carbocycles. The molecular formula is C22H17N3O2. The second-order valence-electron chi connectivity index (χ2n) is 5.68. The first-order valence-electron chi connectivity index (χ1n) is 8.35. The molecule has 0 radical (unpaired) electrons. The normalized spacial score (nSPS) is 10.7. The van der Waals surface area contributed by atoms with Crippen LogP contribution < -0.4 is 10.1 Å². The van der Waals surface area contributed by atoms with Crippen LogP contribution in [-0.4, -0.2) is 10.9 Å². The Labute approximate surface area is 157 Å². The quantitative estimate of drug-likeness (QED) is 0.531. The number of hydrogen-bond donors (Lipinski definition) is 1. The molecule has 3 rings (SSSR count). The number of nitrogens with zero attached hydrogens (tertiary/aromatic N) is 2. The molecule has 5 nitrogen and oxygen atoms in total. The van der Waals surface area contributed by atoms with Gasteiger partial charge in [0.1, 0.15) is 29.8 Å². The van der Waals surface area contributed by atoms with E-state index in [-0.39, 0.29) is 5.57 Å². The van der Waals surface area contributed by atoms with Gasteiger partial charge < -0.3 is 10.1 Å². The average Bonchev–Trinajstić information content (AvgIpc) is 2.73. The zero-order chi connectivity index (χ0) is 18.9. The molecule has 0 bridgehead atoms. The van der Waals surface area contributed by atoms with Gasteiger partial charge in [-0.1, -0.05) is 48.5 Å². The van der Waals surface area contributed by atoms with E-state index in [1.807, 2.05) is 36.4 Å². The number of rotatable bonds is 6. The van der Waals surface area contributed by atoms with Crippen molar-refractivity contribution >= 4 is 17.8 Å². The Hall–Kier alpha value is -3.91. The lowest BCUT2D eigenvalue weighted by molar-refractivity contribution is -0.112. The highest BCUT2D eigenvalue weighted by molar-refractivity contribution is 6.09. The molecular weight excluding hydrogens is 338 g/mol. The number of benzene rings is 2. The summed E-state index contributed by atoms with van der Waals surface area (Å²) in [6, 6.07) is 24.2. The topological polar surface area (TPSA) is 75.0 Å². The van der Waals surface area contributed by atoms with E-state index in [2.05, 4.69) is 10.3 Å². The number of nitriles is 1. The van der Waals surface area contributed by atoms with Gasteiger partial charge in [-0.25, -0.2) is 4.98 Å². The molecule has 0 aliphatic heterocycles. The van der Waals surface area contributed by atoms with E-state index in [9.17, 15) is 10.1 Å². The van der Waals surface area contributed by atoms with Gasteiger partial charge in [-0.3, -0.25) is 4.79 Å². The number of anilines is 1. The van der Waals surface area contributed by atoms with Gasteiger partial charge in [0, 0.05) is 6.20 Å². The molecule has 3 aromatic rings. The Morgan fingerprint density at radius 1 is 1.04 bits per heavy atom. The summed E-state index contributed by atoms with van der Waals surface area (Å²) in [5.41, 5.74) is 1.81. The molecule has 27 heavy (non-hydrogen) atoms. The van der Waals surface area contributed by atoms with Crippen molar-refractivity contribution in [2.24, 2.45) is 0 Å². The number of pyridine rings is 1. The van der Waals surface area contributed by atoms with Gasteiger partial charge in [0.2, 0.25) is 0 Å². The smallest absolute Gasteiger partial charge is 0.267 e. The van der Waals surface area contributed by atoms with Gasteiger partial charge in [0.05, 0.1) is 0 Å². The largest absolute Gasteiger partial charge is 0.489 e. The number of aromatic nitrogens is 1. The molecule has 0 spiro atoms. The monoisotopic (exact) mass is 355 g/mol. The molecule has 132 valence electrons. The maximum Gasteiger partial charge on any atom is 0.267 e. The average molecular weight is 355 g/mol. The van der Waals surface area contributed by atoms with Crippen molar-refractivity contribution in [2.75, 3.05) is 5.32 Å². The number of hydrogen-bond acceptors (Lipinski definition) is 4. The third-order valence-corrected chi connectivity index (χ3v) is 3.71. The summed E-state index contributed by atoms with van der Waals surface area (Å²) >= 11 is 0. The molecule has 0 fully saturated rings. The molecule has 2 aromatic carbocycles. The van der Waals surface area contributed by atoms with Gasteiger partial charge in [-0.15, -0.1) is 0 Å². The number of amides is 1. The minimum absolute atomic E-state index is 0.00129. The maximum atomic E-state index is 12.2. The van der Waals surface area contributed by atoms with Crippen LogP contribution in [0.5, 0.6) is 5.75 Å². The SMILES string of the molecule is N#C/C(=C\c1ccc(OCc2ccccc2)cc1)C(=O)Nc1ccccn1. The third-order valence-electron chi connectivity index (χ3n) is 3.71. The van der Waals surface area contributed by atoms with E-state index in [1.165, 1.54) is 6.08 Å². The van der Waals surface area contributed by atoms with Crippen molar-refractivity contribution in [3.63, 3.8) is 0 Å². The Kier molecular flexibility index (Phi) is 5.95. The first kappa shape index (κ1) is 17.9. The third kappa shape index (κ3) is 5.28. The summed E-state index contributed by atoms with van der Waals surface area (Å²) in [6.07, 6.45) is 3.10. The van der Waals surface area contributed by atoms with Crippen LogP contribution >= 0.6 is 0 Å². The molecule has 1 heterocycles. The van der Waals surface area contributed by atoms with E-state index in [1.54, 1.807) is 48.7 Å². The van der Waals surface area contributed by atoms with E-state index < -0.39 is 5.91 Å². The van der Waals surface area contributed by atoms with Crippen LogP contribution in [-0.2, 0) is 11.4 Å².